The zero-order valence-electron chi connectivity index (χ0n) is 12.3. The summed E-state index contributed by atoms with van der Waals surface area (Å²) in [5.41, 5.74) is 3.95. The van der Waals surface area contributed by atoms with Crippen LogP contribution in [0, 0.1) is 6.92 Å². The number of carbonyl (C=O) groups excluding carboxylic acids is 2. The molecule has 1 aliphatic carbocycles. The molecule has 2 aromatic carbocycles. The van der Waals surface area contributed by atoms with Crippen LogP contribution >= 0.6 is 0 Å². The molecule has 1 fully saturated rings. The molecular weight excluding hydrogens is 276 g/mol. The van der Waals surface area contributed by atoms with Gasteiger partial charge in [0.15, 0.2) is 5.54 Å². The van der Waals surface area contributed by atoms with Gasteiger partial charge >= 0.3 is 6.03 Å². The zero-order valence-corrected chi connectivity index (χ0v) is 12.3. The lowest BCUT2D eigenvalue weighted by Gasteiger charge is -2.29. The molecule has 1 spiro atoms. The Morgan fingerprint density at radius 1 is 0.955 bits per heavy atom. The van der Waals surface area contributed by atoms with E-state index in [0.717, 1.165) is 40.7 Å². The highest BCUT2D eigenvalue weighted by Crippen LogP contribution is 2.40. The molecule has 1 atom stereocenters. The Morgan fingerprint density at radius 3 is 2.41 bits per heavy atom. The van der Waals surface area contributed by atoms with E-state index in [-0.39, 0.29) is 5.91 Å². The second-order valence-electron chi connectivity index (χ2n) is 5.98. The fourth-order valence-electron chi connectivity index (χ4n) is 3.61. The molecule has 1 heterocycles. The van der Waals surface area contributed by atoms with Crippen molar-refractivity contribution >= 4 is 11.9 Å². The molecule has 0 bridgehead atoms. The first kappa shape index (κ1) is 13.1. The van der Waals surface area contributed by atoms with Gasteiger partial charge in [-0.3, -0.25) is 10.1 Å². The lowest BCUT2D eigenvalue weighted by molar-refractivity contribution is -0.122. The third-order valence-electron chi connectivity index (χ3n) is 4.62. The summed E-state index contributed by atoms with van der Waals surface area (Å²) >= 11 is 0. The highest BCUT2D eigenvalue weighted by atomic mass is 16.2. The smallest absolute Gasteiger partial charge is 0.316 e. The van der Waals surface area contributed by atoms with Crippen molar-refractivity contribution < 1.29 is 9.59 Å². The average molecular weight is 292 g/mol. The van der Waals surface area contributed by atoms with Gasteiger partial charge in [0.05, 0.1) is 0 Å². The highest BCUT2D eigenvalue weighted by Gasteiger charge is 2.51. The van der Waals surface area contributed by atoms with Gasteiger partial charge in [0.1, 0.15) is 0 Å². The van der Waals surface area contributed by atoms with Crippen molar-refractivity contribution in [3.05, 3.63) is 70.3 Å². The Morgan fingerprint density at radius 2 is 1.68 bits per heavy atom. The van der Waals surface area contributed by atoms with Gasteiger partial charge in [0.25, 0.3) is 5.91 Å². The van der Waals surface area contributed by atoms with Crippen LogP contribution in [0.25, 0.3) is 0 Å². The molecule has 2 N–H and O–H groups in total. The van der Waals surface area contributed by atoms with Gasteiger partial charge in [-0.25, -0.2) is 4.79 Å². The van der Waals surface area contributed by atoms with E-state index in [1.165, 1.54) is 0 Å². The Hall–Kier alpha value is -2.62. The van der Waals surface area contributed by atoms with Gasteiger partial charge in [-0.15, -0.1) is 0 Å². The van der Waals surface area contributed by atoms with Crippen LogP contribution in [0.3, 0.4) is 0 Å². The Labute approximate surface area is 128 Å². The molecule has 1 aliphatic heterocycles. The van der Waals surface area contributed by atoms with Gasteiger partial charge in [0, 0.05) is 0 Å². The molecule has 4 heteroatoms. The van der Waals surface area contributed by atoms with Gasteiger partial charge in [-0.1, -0.05) is 48.0 Å². The average Bonchev–Trinajstić information content (AvgIpc) is 2.73. The molecule has 0 aromatic heterocycles. The van der Waals surface area contributed by atoms with Gasteiger partial charge < -0.3 is 5.32 Å². The first-order chi connectivity index (χ1) is 10.6. The van der Waals surface area contributed by atoms with Crippen molar-refractivity contribution in [2.24, 2.45) is 0 Å². The summed E-state index contributed by atoms with van der Waals surface area (Å²) in [5, 5.41) is 5.32. The summed E-state index contributed by atoms with van der Waals surface area (Å²) in [7, 11) is 0. The summed E-state index contributed by atoms with van der Waals surface area (Å²) in [6, 6.07) is 13.6. The molecule has 2 aliphatic rings. The first-order valence-electron chi connectivity index (χ1n) is 7.43. The molecule has 4 nitrogen and oxygen atoms in total. The van der Waals surface area contributed by atoms with E-state index in [9.17, 15) is 9.59 Å². The van der Waals surface area contributed by atoms with E-state index in [1.807, 2.05) is 37.3 Å². The first-order valence-corrected chi connectivity index (χ1v) is 7.43. The van der Waals surface area contributed by atoms with Gasteiger partial charge in [-0.2, -0.15) is 0 Å². The second-order valence-corrected chi connectivity index (χ2v) is 5.98. The molecule has 22 heavy (non-hydrogen) atoms. The number of nitrogens with one attached hydrogen (secondary N) is 2. The maximum absolute atomic E-state index is 12.8. The molecule has 0 radical (unpaired) electrons. The van der Waals surface area contributed by atoms with Gasteiger partial charge in [0.2, 0.25) is 0 Å². The van der Waals surface area contributed by atoms with Crippen LogP contribution in [0.4, 0.5) is 4.79 Å². The van der Waals surface area contributed by atoms with E-state index in [2.05, 4.69) is 22.8 Å². The van der Waals surface area contributed by atoms with E-state index in [4.69, 9.17) is 0 Å². The summed E-state index contributed by atoms with van der Waals surface area (Å²) in [6.07, 6.45) is 1.72. The quantitative estimate of drug-likeness (QED) is 0.731. The number of carbonyl (C=O) groups is 2. The van der Waals surface area contributed by atoms with Crippen molar-refractivity contribution in [2.45, 2.75) is 25.3 Å². The fraction of sp³-hybridized carbons (Fsp3) is 0.222. The van der Waals surface area contributed by atoms with Crippen LogP contribution in [0.5, 0.6) is 0 Å². The third-order valence-corrected chi connectivity index (χ3v) is 4.62. The predicted molar refractivity (Wildman–Crippen MR) is 82.5 cm³/mol. The SMILES string of the molecule is Cc1ccc2c(c1)C1(NC(=O)NC1=O)c1ccccc1CC2. The van der Waals surface area contributed by atoms with Crippen LogP contribution in [0.2, 0.25) is 0 Å². The summed E-state index contributed by atoms with van der Waals surface area (Å²) < 4.78 is 0. The van der Waals surface area contributed by atoms with Crippen molar-refractivity contribution in [3.63, 3.8) is 0 Å². The molecule has 110 valence electrons. The molecule has 1 unspecified atom stereocenters. The molecular formula is C18H16N2O2. The largest absolute Gasteiger partial charge is 0.322 e. The van der Waals surface area contributed by atoms with Crippen molar-refractivity contribution in [1.82, 2.24) is 10.6 Å². The van der Waals surface area contributed by atoms with Crippen LogP contribution in [-0.2, 0) is 23.2 Å². The standard InChI is InChI=1S/C18H16N2O2/c1-11-6-7-13-9-8-12-4-2-3-5-14(12)18(15(13)10-11)16(21)19-17(22)20-18/h2-7,10H,8-9H2,1H3,(H2,19,20,21,22). The van der Waals surface area contributed by atoms with Gasteiger partial charge in [-0.05, 0) is 42.0 Å². The maximum atomic E-state index is 12.8. The number of amides is 3. The monoisotopic (exact) mass is 292 g/mol. The minimum Gasteiger partial charge on any atom is -0.316 e. The topological polar surface area (TPSA) is 58.2 Å². The summed E-state index contributed by atoms with van der Waals surface area (Å²) in [6.45, 7) is 2.00. The fourth-order valence-corrected chi connectivity index (χ4v) is 3.61. The molecule has 4 rings (SSSR count). The number of benzene rings is 2. The molecule has 2 aromatic rings. The number of aryl methyl sites for hydroxylation is 3. The van der Waals surface area contributed by atoms with E-state index in [1.54, 1.807) is 0 Å². The third kappa shape index (κ3) is 1.64. The van der Waals surface area contributed by atoms with Crippen molar-refractivity contribution in [1.29, 1.82) is 0 Å². The van der Waals surface area contributed by atoms with E-state index in [0.29, 0.717) is 0 Å². The number of hydrogen-bond acceptors (Lipinski definition) is 2. The zero-order chi connectivity index (χ0) is 15.3. The number of hydrogen-bond donors (Lipinski definition) is 2. The van der Waals surface area contributed by atoms with Crippen molar-refractivity contribution in [2.75, 3.05) is 0 Å². The number of fused-ring (bicyclic) bond motifs is 4. The van der Waals surface area contributed by atoms with E-state index >= 15 is 0 Å². The Bertz CT molecular complexity index is 812. The highest BCUT2D eigenvalue weighted by molar-refractivity contribution is 6.10. The normalized spacial score (nSPS) is 22.6. The summed E-state index contributed by atoms with van der Waals surface area (Å²) in [5.74, 6) is -0.293. The van der Waals surface area contributed by atoms with Crippen LogP contribution in [-0.4, -0.2) is 11.9 Å². The second kappa shape index (κ2) is 4.44. The maximum Gasteiger partial charge on any atom is 0.322 e. The predicted octanol–water partition coefficient (Wildman–Crippen LogP) is 2.18. The lowest BCUT2D eigenvalue weighted by atomic mass is 9.80. The summed E-state index contributed by atoms with van der Waals surface area (Å²) in [4.78, 5) is 24.7. The van der Waals surface area contributed by atoms with Crippen LogP contribution in [0.1, 0.15) is 27.8 Å². The Balaban J connectivity index is 2.09. The number of imide groups is 1. The minimum absolute atomic E-state index is 0.293. The molecule has 0 saturated carbocycles. The van der Waals surface area contributed by atoms with E-state index < -0.39 is 11.6 Å². The Kier molecular flexibility index (Phi) is 2.64. The van der Waals surface area contributed by atoms with Crippen molar-refractivity contribution in [3.8, 4) is 0 Å². The molecule has 3 amide bonds. The van der Waals surface area contributed by atoms with Crippen LogP contribution < -0.4 is 10.6 Å². The molecule has 1 saturated heterocycles. The minimum atomic E-state index is -1.11. The number of urea groups is 1. The lowest BCUT2D eigenvalue weighted by Crippen LogP contribution is -2.45. The number of rotatable bonds is 0. The van der Waals surface area contributed by atoms with Crippen LogP contribution in [0.15, 0.2) is 42.5 Å².